The number of fused-ring (bicyclic) bond motifs is 3. The molecule has 2 aliphatic heterocycles. The van der Waals surface area contributed by atoms with Crippen molar-refractivity contribution in [1.29, 1.82) is 0 Å². The lowest BCUT2D eigenvalue weighted by Gasteiger charge is -2.30. The first-order valence-corrected chi connectivity index (χ1v) is 11.8. The number of amidine groups is 1. The Morgan fingerprint density at radius 3 is 2.75 bits per heavy atom. The number of benzene rings is 2. The Morgan fingerprint density at radius 2 is 1.96 bits per heavy atom. The molecular weight excluding hydrogens is 697 g/mol. The molecule has 2 aromatic carbocycles. The van der Waals surface area contributed by atoms with E-state index in [0.717, 1.165) is 22.2 Å². The van der Waals surface area contributed by atoms with Crippen molar-refractivity contribution in [2.75, 3.05) is 11.4 Å². The fourth-order valence-electron chi connectivity index (χ4n) is 3.77. The molecule has 0 saturated carbocycles. The maximum absolute atomic E-state index is 13.3. The summed E-state index contributed by atoms with van der Waals surface area (Å²) in [6, 6.07) is 13.5. The Morgan fingerprint density at radius 1 is 1.14 bits per heavy atom. The Hall–Kier alpha value is -0.730. The summed E-state index contributed by atoms with van der Waals surface area (Å²) in [7, 11) is 0. The van der Waals surface area contributed by atoms with Gasteiger partial charge in [-0.2, -0.15) is 0 Å². The predicted octanol–water partition coefficient (Wildman–Crippen LogP) is 5.72. The van der Waals surface area contributed by atoms with Crippen LogP contribution >= 0.6 is 67.8 Å². The van der Waals surface area contributed by atoms with E-state index in [2.05, 4.69) is 67.8 Å². The summed E-state index contributed by atoms with van der Waals surface area (Å²) >= 11 is 6.97. The minimum Gasteiger partial charge on any atom is -0.464 e. The number of furan rings is 1. The lowest BCUT2D eigenvalue weighted by molar-refractivity contribution is 0.0602. The highest BCUT2D eigenvalue weighted by Gasteiger charge is 2.52. The number of carbonyl (C=O) groups excluding carboxylic acids is 1. The molecule has 8 heteroatoms. The summed E-state index contributed by atoms with van der Waals surface area (Å²) in [6.45, 7) is 0.517. The van der Waals surface area contributed by atoms with Gasteiger partial charge in [0.15, 0.2) is 5.60 Å². The van der Waals surface area contributed by atoms with E-state index in [4.69, 9.17) is 9.41 Å². The van der Waals surface area contributed by atoms with Gasteiger partial charge in [-0.15, -0.1) is 0 Å². The molecule has 1 atom stereocenters. The summed E-state index contributed by atoms with van der Waals surface area (Å²) in [5.74, 6) is 0.123. The van der Waals surface area contributed by atoms with E-state index < -0.39 is 5.60 Å². The average molecular weight is 710 g/mol. The second kappa shape index (κ2) is 6.64. The molecule has 1 N–H and O–H groups in total. The van der Waals surface area contributed by atoms with Gasteiger partial charge in [0.2, 0.25) is 5.78 Å². The van der Waals surface area contributed by atoms with Crippen LogP contribution in [0.3, 0.4) is 0 Å². The number of anilines is 1. The molecule has 5 rings (SSSR count). The van der Waals surface area contributed by atoms with E-state index >= 15 is 0 Å². The Balaban J connectivity index is 1.63. The zero-order valence-corrected chi connectivity index (χ0v) is 20.8. The van der Waals surface area contributed by atoms with Crippen LogP contribution in [0.5, 0.6) is 0 Å². The number of halogens is 3. The van der Waals surface area contributed by atoms with E-state index in [0.29, 0.717) is 30.1 Å². The molecule has 1 saturated heterocycles. The van der Waals surface area contributed by atoms with Gasteiger partial charge in [-0.1, -0.05) is 6.07 Å². The van der Waals surface area contributed by atoms with Crippen molar-refractivity contribution in [3.63, 3.8) is 0 Å². The Labute approximate surface area is 202 Å². The van der Waals surface area contributed by atoms with Gasteiger partial charge in [0.1, 0.15) is 10.9 Å². The number of ketones is 1. The normalized spacial score (nSPS) is 21.6. The fourth-order valence-corrected chi connectivity index (χ4v) is 4.78. The molecule has 2 aliphatic rings. The van der Waals surface area contributed by atoms with Gasteiger partial charge < -0.3 is 14.4 Å². The van der Waals surface area contributed by atoms with E-state index in [1.54, 1.807) is 6.26 Å². The number of Topliss-reactive ketones (excluding diaryl/α,β-unsaturated/α-hetero) is 1. The minimum atomic E-state index is -1.59. The highest BCUT2D eigenvalue weighted by Crippen LogP contribution is 2.48. The van der Waals surface area contributed by atoms with Crippen LogP contribution in [0.4, 0.5) is 11.4 Å². The van der Waals surface area contributed by atoms with Gasteiger partial charge in [-0.05, 0) is 104 Å². The van der Waals surface area contributed by atoms with Crippen LogP contribution in [0, 0.1) is 0 Å². The van der Waals surface area contributed by atoms with Gasteiger partial charge >= 0.3 is 0 Å². The molecule has 1 fully saturated rings. The van der Waals surface area contributed by atoms with Crippen molar-refractivity contribution >= 4 is 102 Å². The van der Waals surface area contributed by atoms with Crippen LogP contribution < -0.4 is 4.90 Å². The molecule has 3 heterocycles. The van der Waals surface area contributed by atoms with Gasteiger partial charge in [-0.3, -0.25) is 4.79 Å². The number of aliphatic imine (C=N–C) groups is 1. The molecule has 5 nitrogen and oxygen atoms in total. The van der Waals surface area contributed by atoms with Gasteiger partial charge in [-0.25, -0.2) is 4.99 Å². The summed E-state index contributed by atoms with van der Waals surface area (Å²) in [5, 5.41) is 12.3. The monoisotopic (exact) mass is 710 g/mol. The van der Waals surface area contributed by atoms with E-state index in [1.807, 2.05) is 47.4 Å². The zero-order chi connectivity index (χ0) is 19.7. The Bertz CT molecular complexity index is 1160. The van der Waals surface area contributed by atoms with Crippen LogP contribution in [0.1, 0.15) is 22.3 Å². The first-order chi connectivity index (χ1) is 13.3. The predicted molar refractivity (Wildman–Crippen MR) is 135 cm³/mol. The van der Waals surface area contributed by atoms with Crippen LogP contribution in [0.15, 0.2) is 58.1 Å². The molecule has 142 valence electrons. The lowest BCUT2D eigenvalue weighted by Crippen LogP contribution is -2.48. The van der Waals surface area contributed by atoms with Gasteiger partial charge in [0, 0.05) is 35.7 Å². The zero-order valence-electron chi connectivity index (χ0n) is 14.3. The van der Waals surface area contributed by atoms with Crippen molar-refractivity contribution in [3.05, 3.63) is 59.9 Å². The number of alkyl halides is 3. The van der Waals surface area contributed by atoms with Crippen LogP contribution in [-0.2, 0) is -0.565 Å². The van der Waals surface area contributed by atoms with Crippen molar-refractivity contribution < 1.29 is 14.3 Å². The van der Waals surface area contributed by atoms with Gasteiger partial charge in [0.25, 0.3) is 0 Å². The lowest BCUT2D eigenvalue weighted by atomic mass is 9.87. The highest BCUT2D eigenvalue weighted by molar-refractivity contribution is 14.3. The summed E-state index contributed by atoms with van der Waals surface area (Å²) in [6.07, 6.45) is 1.96. The van der Waals surface area contributed by atoms with Crippen molar-refractivity contribution in [2.45, 2.75) is 11.5 Å². The third-order valence-electron chi connectivity index (χ3n) is 5.24. The van der Waals surface area contributed by atoms with Crippen LogP contribution in [0.2, 0.25) is 0 Å². The number of hydrogen-bond acceptors (Lipinski definition) is 5. The number of aliphatic hydroxyl groups is 1. The topological polar surface area (TPSA) is 66.0 Å². The molecule has 0 bridgehead atoms. The third-order valence-corrected chi connectivity index (χ3v) is 7.11. The first kappa shape index (κ1) is 19.2. The standard InChI is InChI=1S/C20H13I3N2O3/c21-20(22,23)12-2-4-15-14(9-12)17(26)19(27)6-7-25(18(19)24-15)13-3-1-11-5-8-28-16(11)10-13/h1-5,8-10,27H,6-7H2/t19-/m1/s1. The largest absolute Gasteiger partial charge is 0.464 e. The van der Waals surface area contributed by atoms with Crippen LogP contribution in [0.25, 0.3) is 11.0 Å². The Kier molecular flexibility index (Phi) is 4.56. The fraction of sp³-hybridized carbons (Fsp3) is 0.200. The number of nitrogens with zero attached hydrogens (tertiary/aromatic N) is 2. The van der Waals surface area contributed by atoms with E-state index in [9.17, 15) is 9.90 Å². The number of hydrogen-bond donors (Lipinski definition) is 1. The third kappa shape index (κ3) is 2.93. The second-order valence-corrected chi connectivity index (χ2v) is 17.9. The average Bonchev–Trinajstić information content (AvgIpc) is 3.25. The SMILES string of the molecule is O=C1c2cc(C(I)(I)I)ccc2N=C2N(c3ccc4ccoc4c3)CC[C@@]12O. The van der Waals surface area contributed by atoms with Crippen molar-refractivity contribution in [3.8, 4) is 0 Å². The smallest absolute Gasteiger partial charge is 0.204 e. The number of carbonyl (C=O) groups is 1. The second-order valence-electron chi connectivity index (χ2n) is 6.90. The molecular formula is C20H13I3N2O3. The molecule has 0 aliphatic carbocycles. The molecule has 28 heavy (non-hydrogen) atoms. The maximum Gasteiger partial charge on any atom is 0.204 e. The molecule has 0 radical (unpaired) electrons. The van der Waals surface area contributed by atoms with Gasteiger partial charge in [0.05, 0.1) is 12.0 Å². The summed E-state index contributed by atoms with van der Waals surface area (Å²) in [5.41, 5.74) is 2.14. The van der Waals surface area contributed by atoms with E-state index in [-0.39, 0.29) is 5.22 Å². The maximum atomic E-state index is 13.3. The molecule has 0 unspecified atom stereocenters. The van der Waals surface area contributed by atoms with Crippen LogP contribution in [-0.4, -0.2) is 28.9 Å². The summed E-state index contributed by atoms with van der Waals surface area (Å²) < 4.78 is 5.33. The van der Waals surface area contributed by atoms with E-state index in [1.165, 1.54) is 0 Å². The minimum absolute atomic E-state index is 0.171. The first-order valence-electron chi connectivity index (χ1n) is 8.60. The quantitative estimate of drug-likeness (QED) is 0.274. The molecule has 0 spiro atoms. The molecule has 3 aromatic rings. The van der Waals surface area contributed by atoms with Crippen molar-refractivity contribution in [2.24, 2.45) is 4.99 Å². The number of rotatable bonds is 2. The molecule has 0 amide bonds. The van der Waals surface area contributed by atoms with Crippen molar-refractivity contribution in [1.82, 2.24) is 0 Å². The molecule has 1 aromatic heterocycles. The highest BCUT2D eigenvalue weighted by atomic mass is 127. The summed E-state index contributed by atoms with van der Waals surface area (Å²) in [4.78, 5) is 19.9.